The standard InChI is InChI=1S/C13H13NOS2/c1-10(15)14-12-6-2-3-7-13(12)17-9-11-5-4-8-16-11/h2-8H,9H2,1H3,(H,14,15). The SMILES string of the molecule is CC(=O)Nc1ccccc1SCc1cccs1. The highest BCUT2D eigenvalue weighted by Gasteiger charge is 2.04. The number of hydrogen-bond donors (Lipinski definition) is 1. The number of thioether (sulfide) groups is 1. The Morgan fingerprint density at radius 2 is 2.12 bits per heavy atom. The molecule has 88 valence electrons. The van der Waals surface area contributed by atoms with E-state index in [1.807, 2.05) is 24.3 Å². The number of amides is 1. The third-order valence-corrected chi connectivity index (χ3v) is 4.33. The normalized spacial score (nSPS) is 10.2. The zero-order valence-corrected chi connectivity index (χ0v) is 11.1. The number of nitrogens with one attached hydrogen (secondary N) is 1. The lowest BCUT2D eigenvalue weighted by molar-refractivity contribution is -0.114. The average molecular weight is 263 g/mol. The maximum atomic E-state index is 11.1. The van der Waals surface area contributed by atoms with Gasteiger partial charge in [-0.3, -0.25) is 4.79 Å². The second-order valence-corrected chi connectivity index (χ2v) is 5.59. The molecule has 0 bridgehead atoms. The van der Waals surface area contributed by atoms with Crippen molar-refractivity contribution in [1.29, 1.82) is 0 Å². The molecule has 0 unspecified atom stereocenters. The van der Waals surface area contributed by atoms with Crippen molar-refractivity contribution in [2.24, 2.45) is 0 Å². The highest BCUT2D eigenvalue weighted by atomic mass is 32.2. The van der Waals surface area contributed by atoms with Crippen LogP contribution < -0.4 is 5.32 Å². The Balaban J connectivity index is 2.06. The first-order valence-electron chi connectivity index (χ1n) is 5.27. The first-order chi connectivity index (χ1) is 8.25. The molecule has 1 N–H and O–H groups in total. The van der Waals surface area contributed by atoms with Crippen LogP contribution in [-0.4, -0.2) is 5.91 Å². The molecule has 0 aliphatic carbocycles. The Hall–Kier alpha value is -1.26. The van der Waals surface area contributed by atoms with E-state index in [0.29, 0.717) is 0 Å². The Kier molecular flexibility index (Phi) is 4.23. The second kappa shape index (κ2) is 5.89. The van der Waals surface area contributed by atoms with Crippen LogP contribution in [0.25, 0.3) is 0 Å². The van der Waals surface area contributed by atoms with Crippen molar-refractivity contribution in [3.63, 3.8) is 0 Å². The van der Waals surface area contributed by atoms with Gasteiger partial charge in [-0.15, -0.1) is 23.1 Å². The van der Waals surface area contributed by atoms with Crippen molar-refractivity contribution in [3.05, 3.63) is 46.7 Å². The van der Waals surface area contributed by atoms with Crippen LogP contribution in [0, 0.1) is 0 Å². The van der Waals surface area contributed by atoms with E-state index < -0.39 is 0 Å². The van der Waals surface area contributed by atoms with Crippen LogP contribution in [0.5, 0.6) is 0 Å². The van der Waals surface area contributed by atoms with Gasteiger partial charge in [0.1, 0.15) is 0 Å². The minimum absolute atomic E-state index is 0.0332. The number of carbonyl (C=O) groups is 1. The fraction of sp³-hybridized carbons (Fsp3) is 0.154. The summed E-state index contributed by atoms with van der Waals surface area (Å²) in [5.41, 5.74) is 0.890. The molecule has 1 aromatic carbocycles. The van der Waals surface area contributed by atoms with E-state index >= 15 is 0 Å². The van der Waals surface area contributed by atoms with Gasteiger partial charge < -0.3 is 5.32 Å². The molecule has 2 rings (SSSR count). The number of hydrogen-bond acceptors (Lipinski definition) is 3. The molecule has 2 nitrogen and oxygen atoms in total. The van der Waals surface area contributed by atoms with Crippen LogP contribution in [0.15, 0.2) is 46.7 Å². The molecule has 0 saturated carbocycles. The molecule has 2 aromatic rings. The quantitative estimate of drug-likeness (QED) is 0.845. The molecule has 17 heavy (non-hydrogen) atoms. The molecule has 1 amide bonds. The lowest BCUT2D eigenvalue weighted by Gasteiger charge is -2.08. The summed E-state index contributed by atoms with van der Waals surface area (Å²) >= 11 is 3.50. The Labute approximate surface area is 109 Å². The van der Waals surface area contributed by atoms with Gasteiger partial charge in [0.25, 0.3) is 0 Å². The smallest absolute Gasteiger partial charge is 0.221 e. The van der Waals surface area contributed by atoms with Crippen molar-refractivity contribution < 1.29 is 4.79 Å². The van der Waals surface area contributed by atoms with Crippen molar-refractivity contribution in [2.75, 3.05) is 5.32 Å². The molecule has 0 atom stereocenters. The molecule has 0 radical (unpaired) electrons. The second-order valence-electron chi connectivity index (χ2n) is 3.55. The third-order valence-electron chi connectivity index (χ3n) is 2.15. The van der Waals surface area contributed by atoms with Crippen LogP contribution in [0.4, 0.5) is 5.69 Å². The fourth-order valence-corrected chi connectivity index (χ4v) is 3.21. The zero-order valence-electron chi connectivity index (χ0n) is 9.47. The van der Waals surface area contributed by atoms with E-state index in [9.17, 15) is 4.79 Å². The Bertz CT molecular complexity index is 494. The number of para-hydroxylation sites is 1. The molecule has 0 saturated heterocycles. The predicted octanol–water partition coefficient (Wildman–Crippen LogP) is 4.00. The van der Waals surface area contributed by atoms with Crippen LogP contribution in [0.1, 0.15) is 11.8 Å². The number of anilines is 1. The fourth-order valence-electron chi connectivity index (χ4n) is 1.43. The molecule has 0 aliphatic heterocycles. The van der Waals surface area contributed by atoms with Crippen LogP contribution >= 0.6 is 23.1 Å². The highest BCUT2D eigenvalue weighted by molar-refractivity contribution is 7.98. The van der Waals surface area contributed by atoms with Crippen molar-refractivity contribution in [2.45, 2.75) is 17.6 Å². The molecule has 4 heteroatoms. The monoisotopic (exact) mass is 263 g/mol. The van der Waals surface area contributed by atoms with E-state index in [1.165, 1.54) is 11.8 Å². The Morgan fingerprint density at radius 3 is 2.82 bits per heavy atom. The van der Waals surface area contributed by atoms with Gasteiger partial charge in [0.2, 0.25) is 5.91 Å². The van der Waals surface area contributed by atoms with E-state index in [-0.39, 0.29) is 5.91 Å². The molecule has 0 aliphatic rings. The zero-order chi connectivity index (χ0) is 12.1. The Morgan fingerprint density at radius 1 is 1.29 bits per heavy atom. The summed E-state index contributed by atoms with van der Waals surface area (Å²) in [5, 5.41) is 4.93. The number of rotatable bonds is 4. The van der Waals surface area contributed by atoms with Crippen molar-refractivity contribution in [1.82, 2.24) is 0 Å². The van der Waals surface area contributed by atoms with E-state index in [2.05, 4.69) is 22.8 Å². The van der Waals surface area contributed by atoms with Crippen molar-refractivity contribution in [3.8, 4) is 0 Å². The van der Waals surface area contributed by atoms with Gasteiger partial charge in [0.15, 0.2) is 0 Å². The summed E-state index contributed by atoms with van der Waals surface area (Å²) in [6, 6.07) is 12.1. The maximum Gasteiger partial charge on any atom is 0.221 e. The van der Waals surface area contributed by atoms with Gasteiger partial charge in [-0.1, -0.05) is 18.2 Å². The summed E-state index contributed by atoms with van der Waals surface area (Å²) in [4.78, 5) is 13.5. The van der Waals surface area contributed by atoms with Crippen LogP contribution in [-0.2, 0) is 10.5 Å². The third kappa shape index (κ3) is 3.61. The number of carbonyl (C=O) groups excluding carboxylic acids is 1. The summed E-state index contributed by atoms with van der Waals surface area (Å²) in [5.74, 6) is 0.906. The summed E-state index contributed by atoms with van der Waals surface area (Å²) in [6.07, 6.45) is 0. The first kappa shape index (κ1) is 12.2. The molecule has 0 spiro atoms. The highest BCUT2D eigenvalue weighted by Crippen LogP contribution is 2.30. The van der Waals surface area contributed by atoms with Crippen molar-refractivity contribution >= 4 is 34.7 Å². The molecular formula is C13H13NOS2. The maximum absolute atomic E-state index is 11.1. The van der Waals surface area contributed by atoms with Gasteiger partial charge in [-0.05, 0) is 23.6 Å². The van der Waals surface area contributed by atoms with Gasteiger partial charge in [0.05, 0.1) is 5.69 Å². The van der Waals surface area contributed by atoms with E-state index in [4.69, 9.17) is 0 Å². The minimum atomic E-state index is -0.0332. The lowest BCUT2D eigenvalue weighted by Crippen LogP contribution is -2.06. The number of benzene rings is 1. The minimum Gasteiger partial charge on any atom is -0.325 e. The summed E-state index contributed by atoms with van der Waals surface area (Å²) in [6.45, 7) is 1.53. The van der Waals surface area contributed by atoms with Gasteiger partial charge in [0, 0.05) is 22.4 Å². The largest absolute Gasteiger partial charge is 0.325 e. The van der Waals surface area contributed by atoms with E-state index in [0.717, 1.165) is 16.3 Å². The topological polar surface area (TPSA) is 29.1 Å². The predicted molar refractivity (Wildman–Crippen MR) is 74.6 cm³/mol. The molecule has 1 aromatic heterocycles. The van der Waals surface area contributed by atoms with Gasteiger partial charge >= 0.3 is 0 Å². The van der Waals surface area contributed by atoms with E-state index in [1.54, 1.807) is 23.1 Å². The summed E-state index contributed by atoms with van der Waals surface area (Å²) in [7, 11) is 0. The first-order valence-corrected chi connectivity index (χ1v) is 7.14. The molecule has 0 fully saturated rings. The van der Waals surface area contributed by atoms with Gasteiger partial charge in [-0.25, -0.2) is 0 Å². The number of thiophene rings is 1. The summed E-state index contributed by atoms with van der Waals surface area (Å²) < 4.78 is 0. The molecule has 1 heterocycles. The van der Waals surface area contributed by atoms with Crippen LogP contribution in [0.3, 0.4) is 0 Å². The molecular weight excluding hydrogens is 250 g/mol. The van der Waals surface area contributed by atoms with Gasteiger partial charge in [-0.2, -0.15) is 0 Å². The lowest BCUT2D eigenvalue weighted by atomic mass is 10.3. The van der Waals surface area contributed by atoms with Crippen LogP contribution in [0.2, 0.25) is 0 Å². The average Bonchev–Trinajstić information content (AvgIpc) is 2.80.